The summed E-state index contributed by atoms with van der Waals surface area (Å²) in [7, 11) is 1.66. The van der Waals surface area contributed by atoms with Crippen molar-refractivity contribution >= 4 is 0 Å². The first-order chi connectivity index (χ1) is 8.30. The minimum Gasteiger partial charge on any atom is -0.497 e. The predicted molar refractivity (Wildman–Crippen MR) is 71.2 cm³/mol. The maximum absolute atomic E-state index is 5.59. The van der Waals surface area contributed by atoms with Gasteiger partial charge in [0.2, 0.25) is 0 Å². The molecule has 1 aromatic carbocycles. The van der Waals surface area contributed by atoms with E-state index in [1.54, 1.807) is 7.11 Å². The largest absolute Gasteiger partial charge is 0.497 e. The molecule has 0 radical (unpaired) electrons. The second-order valence-corrected chi connectivity index (χ2v) is 3.82. The lowest BCUT2D eigenvalue weighted by molar-refractivity contribution is 0.114. The van der Waals surface area contributed by atoms with Gasteiger partial charge in [0.25, 0.3) is 0 Å². The van der Waals surface area contributed by atoms with Crippen molar-refractivity contribution in [2.45, 2.75) is 13.0 Å². The van der Waals surface area contributed by atoms with Gasteiger partial charge in [-0.25, -0.2) is 0 Å². The molecule has 0 N–H and O–H groups in total. The normalized spacial score (nSPS) is 10.2. The van der Waals surface area contributed by atoms with Gasteiger partial charge >= 0.3 is 0 Å². The molecule has 0 amide bonds. The summed E-state index contributed by atoms with van der Waals surface area (Å²) in [6.07, 6.45) is 4.72. The van der Waals surface area contributed by atoms with Crippen LogP contribution in [0.5, 0.6) is 5.75 Å². The van der Waals surface area contributed by atoms with Crippen molar-refractivity contribution < 1.29 is 9.47 Å². The Morgan fingerprint density at radius 1 is 1.18 bits per heavy atom. The molecule has 0 heterocycles. The van der Waals surface area contributed by atoms with Crippen LogP contribution in [0.4, 0.5) is 0 Å². The molecule has 0 spiro atoms. The summed E-state index contributed by atoms with van der Waals surface area (Å²) in [4.78, 5) is 0. The van der Waals surface area contributed by atoms with Gasteiger partial charge in [-0.05, 0) is 30.0 Å². The van der Waals surface area contributed by atoms with Gasteiger partial charge in [0, 0.05) is 6.61 Å². The smallest absolute Gasteiger partial charge is 0.118 e. The minimum atomic E-state index is 0.339. The van der Waals surface area contributed by atoms with Gasteiger partial charge in [-0.3, -0.25) is 0 Å². The van der Waals surface area contributed by atoms with Gasteiger partial charge in [0.15, 0.2) is 0 Å². The fourth-order valence-corrected chi connectivity index (χ4v) is 1.46. The molecule has 0 unspecified atom stereocenters. The Hall–Kier alpha value is -1.54. The summed E-state index contributed by atoms with van der Waals surface area (Å²) in [6, 6.07) is 7.90. The summed E-state index contributed by atoms with van der Waals surface area (Å²) in [5.74, 6) is 1.21. The van der Waals surface area contributed by atoms with Crippen molar-refractivity contribution in [3.05, 3.63) is 55.1 Å². The van der Waals surface area contributed by atoms with Gasteiger partial charge in [0.1, 0.15) is 5.75 Å². The van der Waals surface area contributed by atoms with E-state index in [4.69, 9.17) is 9.47 Å². The summed E-state index contributed by atoms with van der Waals surface area (Å²) >= 11 is 0. The summed E-state index contributed by atoms with van der Waals surface area (Å²) in [5, 5.41) is 0. The lowest BCUT2D eigenvalue weighted by atomic mass is 10.1. The quantitative estimate of drug-likeness (QED) is 0.503. The summed E-state index contributed by atoms with van der Waals surface area (Å²) < 4.78 is 10.7. The van der Waals surface area contributed by atoms with Crippen LogP contribution in [0.25, 0.3) is 0 Å². The average molecular weight is 232 g/mol. The highest BCUT2D eigenvalue weighted by atomic mass is 16.5. The highest BCUT2D eigenvalue weighted by Gasteiger charge is 1.99. The van der Waals surface area contributed by atoms with Crippen LogP contribution < -0.4 is 4.74 Å². The Balaban J connectivity index is 2.25. The number of allylic oxidation sites excluding steroid dienone is 2. The van der Waals surface area contributed by atoms with E-state index in [2.05, 4.69) is 13.2 Å². The second-order valence-electron chi connectivity index (χ2n) is 3.82. The van der Waals surface area contributed by atoms with Crippen molar-refractivity contribution in [3.63, 3.8) is 0 Å². The third-order valence-corrected chi connectivity index (χ3v) is 2.63. The molecule has 0 atom stereocenters. The number of ether oxygens (including phenoxy) is 2. The lowest BCUT2D eigenvalue weighted by Crippen LogP contribution is -2.00. The van der Waals surface area contributed by atoms with Crippen molar-refractivity contribution in [1.82, 2.24) is 0 Å². The fourth-order valence-electron chi connectivity index (χ4n) is 1.46. The number of hydrogen-bond donors (Lipinski definition) is 0. The van der Waals surface area contributed by atoms with Crippen LogP contribution in [-0.2, 0) is 11.3 Å². The Morgan fingerprint density at radius 3 is 2.35 bits per heavy atom. The van der Waals surface area contributed by atoms with Crippen molar-refractivity contribution in [2.24, 2.45) is 5.92 Å². The molecule has 2 nitrogen and oxygen atoms in total. The predicted octanol–water partition coefficient (Wildman–Crippen LogP) is 3.59. The van der Waals surface area contributed by atoms with Gasteiger partial charge in [0.05, 0.1) is 13.7 Å². The zero-order valence-electron chi connectivity index (χ0n) is 10.4. The van der Waals surface area contributed by atoms with Crippen LogP contribution >= 0.6 is 0 Å². The molecular weight excluding hydrogens is 212 g/mol. The van der Waals surface area contributed by atoms with E-state index in [9.17, 15) is 0 Å². The maximum Gasteiger partial charge on any atom is 0.118 e. The molecule has 1 rings (SSSR count). The maximum atomic E-state index is 5.59. The van der Waals surface area contributed by atoms with Gasteiger partial charge in [-0.15, -0.1) is 13.2 Å². The van der Waals surface area contributed by atoms with Crippen LogP contribution in [0, 0.1) is 5.92 Å². The Labute approximate surface area is 104 Å². The molecule has 92 valence electrons. The van der Waals surface area contributed by atoms with Gasteiger partial charge in [-0.2, -0.15) is 0 Å². The van der Waals surface area contributed by atoms with E-state index in [1.807, 2.05) is 36.4 Å². The van der Waals surface area contributed by atoms with Crippen molar-refractivity contribution in [2.75, 3.05) is 13.7 Å². The van der Waals surface area contributed by atoms with Crippen molar-refractivity contribution in [3.8, 4) is 5.75 Å². The second kappa shape index (κ2) is 7.69. The SMILES string of the molecule is C=CC(C=C)CCOCc1ccc(OC)cc1. The molecule has 1 aromatic rings. The number of methoxy groups -OCH3 is 1. The van der Waals surface area contributed by atoms with E-state index < -0.39 is 0 Å². The fraction of sp³-hybridized carbons (Fsp3) is 0.333. The number of hydrogen-bond acceptors (Lipinski definition) is 2. The minimum absolute atomic E-state index is 0.339. The average Bonchev–Trinajstić information content (AvgIpc) is 2.40. The monoisotopic (exact) mass is 232 g/mol. The van der Waals surface area contributed by atoms with E-state index in [-0.39, 0.29) is 0 Å². The van der Waals surface area contributed by atoms with Crippen LogP contribution in [-0.4, -0.2) is 13.7 Å². The first kappa shape index (κ1) is 13.5. The molecular formula is C15H20O2. The van der Waals surface area contributed by atoms with Crippen LogP contribution in [0.3, 0.4) is 0 Å². The van der Waals surface area contributed by atoms with Crippen LogP contribution in [0.15, 0.2) is 49.6 Å². The van der Waals surface area contributed by atoms with Gasteiger partial charge in [-0.1, -0.05) is 24.3 Å². The van der Waals surface area contributed by atoms with E-state index in [1.165, 1.54) is 0 Å². The lowest BCUT2D eigenvalue weighted by Gasteiger charge is -2.08. The number of rotatable bonds is 8. The Morgan fingerprint density at radius 2 is 1.82 bits per heavy atom. The molecule has 2 heteroatoms. The zero-order valence-corrected chi connectivity index (χ0v) is 10.4. The molecule has 0 fully saturated rings. The summed E-state index contributed by atoms with van der Waals surface area (Å²) in [5.41, 5.74) is 1.15. The topological polar surface area (TPSA) is 18.5 Å². The summed E-state index contributed by atoms with van der Waals surface area (Å²) in [6.45, 7) is 8.84. The number of benzene rings is 1. The third-order valence-electron chi connectivity index (χ3n) is 2.63. The zero-order chi connectivity index (χ0) is 12.5. The molecule has 17 heavy (non-hydrogen) atoms. The van der Waals surface area contributed by atoms with Crippen LogP contribution in [0.1, 0.15) is 12.0 Å². The van der Waals surface area contributed by atoms with E-state index in [0.717, 1.165) is 17.7 Å². The third kappa shape index (κ3) is 4.87. The molecule has 0 aromatic heterocycles. The molecule has 0 aliphatic heterocycles. The Kier molecular flexibility index (Phi) is 6.12. The standard InChI is InChI=1S/C15H20O2/c1-4-13(5-2)10-11-17-12-14-6-8-15(16-3)9-7-14/h4-9,13H,1-2,10-12H2,3H3. The molecule has 0 saturated heterocycles. The first-order valence-electron chi connectivity index (χ1n) is 5.76. The molecule has 0 aliphatic rings. The van der Waals surface area contributed by atoms with Gasteiger partial charge < -0.3 is 9.47 Å². The molecule has 0 saturated carbocycles. The highest BCUT2D eigenvalue weighted by Crippen LogP contribution is 2.12. The van der Waals surface area contributed by atoms with Crippen molar-refractivity contribution in [1.29, 1.82) is 0 Å². The van der Waals surface area contributed by atoms with Crippen LogP contribution in [0.2, 0.25) is 0 Å². The Bertz CT molecular complexity index is 332. The molecule has 0 bridgehead atoms. The first-order valence-corrected chi connectivity index (χ1v) is 5.76. The highest BCUT2D eigenvalue weighted by molar-refractivity contribution is 5.26. The van der Waals surface area contributed by atoms with E-state index >= 15 is 0 Å². The molecule has 0 aliphatic carbocycles. The van der Waals surface area contributed by atoms with E-state index in [0.29, 0.717) is 19.1 Å².